The van der Waals surface area contributed by atoms with Crippen LogP contribution in [0.2, 0.25) is 0 Å². The highest BCUT2D eigenvalue weighted by atomic mass is 19.1. The van der Waals surface area contributed by atoms with Crippen molar-refractivity contribution in [1.82, 2.24) is 14.9 Å². The Labute approximate surface area is 112 Å². The first-order chi connectivity index (χ1) is 9.28. The normalized spacial score (nSPS) is 19.4. The topological polar surface area (TPSA) is 29.9 Å². The summed E-state index contributed by atoms with van der Waals surface area (Å²) in [6.45, 7) is 4.21. The summed E-state index contributed by atoms with van der Waals surface area (Å²) in [7, 11) is 0. The zero-order valence-corrected chi connectivity index (χ0v) is 11.3. The number of rotatable bonds is 4. The molecule has 1 unspecified atom stereocenters. The van der Waals surface area contributed by atoms with Crippen molar-refractivity contribution >= 4 is 11.0 Å². The largest absolute Gasteiger partial charge is 0.328 e. The van der Waals surface area contributed by atoms with Gasteiger partial charge in [-0.25, -0.2) is 9.37 Å². The number of benzene rings is 1. The van der Waals surface area contributed by atoms with Crippen molar-refractivity contribution in [2.75, 3.05) is 6.54 Å². The Balaban J connectivity index is 1.98. The molecule has 2 heterocycles. The summed E-state index contributed by atoms with van der Waals surface area (Å²) in [5.74, 6) is 0.876. The Morgan fingerprint density at radius 3 is 3.11 bits per heavy atom. The smallest absolute Gasteiger partial charge is 0.125 e. The third-order valence-electron chi connectivity index (χ3n) is 3.83. The quantitative estimate of drug-likeness (QED) is 0.917. The van der Waals surface area contributed by atoms with Crippen molar-refractivity contribution in [3.05, 3.63) is 29.8 Å². The second kappa shape index (κ2) is 5.29. The number of halogens is 1. The summed E-state index contributed by atoms with van der Waals surface area (Å²) in [4.78, 5) is 4.64. The summed E-state index contributed by atoms with van der Waals surface area (Å²) in [5.41, 5.74) is 1.83. The Bertz CT molecular complexity index is 570. The van der Waals surface area contributed by atoms with Gasteiger partial charge in [0, 0.05) is 25.1 Å². The molecule has 1 aliphatic rings. The zero-order valence-electron chi connectivity index (χ0n) is 11.3. The summed E-state index contributed by atoms with van der Waals surface area (Å²) in [6, 6.07) is 5.43. The van der Waals surface area contributed by atoms with Gasteiger partial charge in [-0.3, -0.25) is 0 Å². The number of aryl methyl sites for hydroxylation is 1. The van der Waals surface area contributed by atoms with Crippen LogP contribution in [0.3, 0.4) is 0 Å². The summed E-state index contributed by atoms with van der Waals surface area (Å²) < 4.78 is 15.6. The lowest BCUT2D eigenvalue weighted by atomic mass is 10.1. The molecule has 0 radical (unpaired) electrons. The van der Waals surface area contributed by atoms with E-state index in [0.717, 1.165) is 42.8 Å². The van der Waals surface area contributed by atoms with Crippen LogP contribution in [0.5, 0.6) is 0 Å². The van der Waals surface area contributed by atoms with E-state index in [1.165, 1.54) is 25.0 Å². The molecule has 1 aromatic carbocycles. The van der Waals surface area contributed by atoms with Crippen molar-refractivity contribution in [1.29, 1.82) is 0 Å². The van der Waals surface area contributed by atoms with Crippen LogP contribution in [0, 0.1) is 5.82 Å². The zero-order chi connectivity index (χ0) is 13.2. The van der Waals surface area contributed by atoms with Gasteiger partial charge in [-0.05, 0) is 37.9 Å². The van der Waals surface area contributed by atoms with Gasteiger partial charge >= 0.3 is 0 Å². The van der Waals surface area contributed by atoms with Crippen molar-refractivity contribution < 1.29 is 4.39 Å². The molecule has 4 heteroatoms. The molecule has 0 saturated carbocycles. The van der Waals surface area contributed by atoms with Crippen molar-refractivity contribution in [2.24, 2.45) is 0 Å². The molecule has 102 valence electrons. The number of imidazole rings is 1. The van der Waals surface area contributed by atoms with Gasteiger partial charge < -0.3 is 9.88 Å². The van der Waals surface area contributed by atoms with E-state index in [-0.39, 0.29) is 5.82 Å². The first kappa shape index (κ1) is 12.6. The van der Waals surface area contributed by atoms with Crippen LogP contribution in [0.4, 0.5) is 4.39 Å². The number of hydrogen-bond acceptors (Lipinski definition) is 2. The molecule has 0 amide bonds. The molecule has 1 atom stereocenters. The third-order valence-corrected chi connectivity index (χ3v) is 3.83. The van der Waals surface area contributed by atoms with Gasteiger partial charge in [-0.2, -0.15) is 0 Å². The lowest BCUT2D eigenvalue weighted by molar-refractivity contribution is 0.556. The van der Waals surface area contributed by atoms with Crippen LogP contribution in [-0.4, -0.2) is 22.1 Å². The average Bonchev–Trinajstić information content (AvgIpc) is 2.99. The van der Waals surface area contributed by atoms with Crippen LogP contribution in [0.1, 0.15) is 32.0 Å². The second-order valence-electron chi connectivity index (χ2n) is 5.31. The van der Waals surface area contributed by atoms with E-state index in [2.05, 4.69) is 21.8 Å². The van der Waals surface area contributed by atoms with E-state index in [9.17, 15) is 4.39 Å². The molecule has 1 saturated heterocycles. The first-order valence-corrected chi connectivity index (χ1v) is 7.16. The van der Waals surface area contributed by atoms with Crippen LogP contribution in [-0.2, 0) is 13.0 Å². The average molecular weight is 261 g/mol. The molecular formula is C15H20FN3. The maximum atomic E-state index is 13.3. The Morgan fingerprint density at radius 1 is 1.47 bits per heavy atom. The molecule has 0 spiro atoms. The predicted molar refractivity (Wildman–Crippen MR) is 74.7 cm³/mol. The van der Waals surface area contributed by atoms with E-state index in [1.807, 2.05) is 6.07 Å². The Hall–Kier alpha value is -1.42. The Kier molecular flexibility index (Phi) is 3.51. The molecule has 0 bridgehead atoms. The number of hydrogen-bond donors (Lipinski definition) is 1. The molecule has 1 aliphatic heterocycles. The van der Waals surface area contributed by atoms with Gasteiger partial charge in [0.15, 0.2) is 0 Å². The number of nitrogens with one attached hydrogen (secondary N) is 1. The first-order valence-electron chi connectivity index (χ1n) is 7.16. The molecule has 19 heavy (non-hydrogen) atoms. The summed E-state index contributed by atoms with van der Waals surface area (Å²) >= 11 is 0. The van der Waals surface area contributed by atoms with Crippen molar-refractivity contribution in [3.8, 4) is 0 Å². The van der Waals surface area contributed by atoms with E-state index in [4.69, 9.17) is 0 Å². The van der Waals surface area contributed by atoms with Gasteiger partial charge in [0.25, 0.3) is 0 Å². The van der Waals surface area contributed by atoms with Crippen LogP contribution >= 0.6 is 0 Å². The summed E-state index contributed by atoms with van der Waals surface area (Å²) in [6.07, 6.45) is 4.46. The minimum Gasteiger partial charge on any atom is -0.328 e. The standard InChI is InChI=1S/C15H20FN3/c1-2-8-19-14-6-5-11(16)9-13(14)18-15(19)10-12-4-3-7-17-12/h5-6,9,12,17H,2-4,7-8,10H2,1H3. The molecule has 1 aromatic heterocycles. The van der Waals surface area contributed by atoms with E-state index >= 15 is 0 Å². The van der Waals surface area contributed by atoms with E-state index in [1.54, 1.807) is 0 Å². The monoisotopic (exact) mass is 261 g/mol. The second-order valence-corrected chi connectivity index (χ2v) is 5.31. The molecule has 3 rings (SSSR count). The van der Waals surface area contributed by atoms with Crippen LogP contribution in [0.15, 0.2) is 18.2 Å². The maximum absolute atomic E-state index is 13.3. The van der Waals surface area contributed by atoms with Crippen LogP contribution < -0.4 is 5.32 Å². The van der Waals surface area contributed by atoms with Crippen molar-refractivity contribution in [3.63, 3.8) is 0 Å². The minimum absolute atomic E-state index is 0.209. The van der Waals surface area contributed by atoms with Gasteiger partial charge in [-0.15, -0.1) is 0 Å². The predicted octanol–water partition coefficient (Wildman–Crippen LogP) is 2.88. The van der Waals surface area contributed by atoms with E-state index < -0.39 is 0 Å². The third kappa shape index (κ3) is 2.50. The molecule has 0 aliphatic carbocycles. The number of aromatic nitrogens is 2. The van der Waals surface area contributed by atoms with Gasteiger partial charge in [-0.1, -0.05) is 6.92 Å². The highest BCUT2D eigenvalue weighted by molar-refractivity contribution is 5.76. The molecule has 1 N–H and O–H groups in total. The lowest BCUT2D eigenvalue weighted by Crippen LogP contribution is -2.25. The molecular weight excluding hydrogens is 241 g/mol. The fourth-order valence-corrected chi connectivity index (χ4v) is 2.93. The minimum atomic E-state index is -0.209. The fraction of sp³-hybridized carbons (Fsp3) is 0.533. The molecule has 3 nitrogen and oxygen atoms in total. The lowest BCUT2D eigenvalue weighted by Gasteiger charge is -2.12. The Morgan fingerprint density at radius 2 is 2.37 bits per heavy atom. The SMILES string of the molecule is CCCn1c(CC2CCCN2)nc2cc(F)ccc21. The summed E-state index contributed by atoms with van der Waals surface area (Å²) in [5, 5.41) is 3.50. The highest BCUT2D eigenvalue weighted by Gasteiger charge is 2.19. The van der Waals surface area contributed by atoms with E-state index in [0.29, 0.717) is 6.04 Å². The number of fused-ring (bicyclic) bond motifs is 1. The maximum Gasteiger partial charge on any atom is 0.125 e. The molecule has 2 aromatic rings. The number of nitrogens with zero attached hydrogens (tertiary/aromatic N) is 2. The van der Waals surface area contributed by atoms with Gasteiger partial charge in [0.05, 0.1) is 11.0 Å². The molecule has 1 fully saturated rings. The fourth-order valence-electron chi connectivity index (χ4n) is 2.93. The van der Waals surface area contributed by atoms with Crippen molar-refractivity contribution in [2.45, 2.75) is 45.2 Å². The highest BCUT2D eigenvalue weighted by Crippen LogP contribution is 2.20. The van der Waals surface area contributed by atoms with Gasteiger partial charge in [0.2, 0.25) is 0 Å². The van der Waals surface area contributed by atoms with Crippen LogP contribution in [0.25, 0.3) is 11.0 Å². The van der Waals surface area contributed by atoms with Gasteiger partial charge in [0.1, 0.15) is 11.6 Å².